The molecule has 7 nitrogen and oxygen atoms in total. The van der Waals surface area contributed by atoms with Crippen LogP contribution in [0.4, 0.5) is 4.79 Å². The normalized spacial score (nSPS) is 16.6. The number of carbonyl (C=O) groups excluding carboxylic acids is 3. The first-order valence-corrected chi connectivity index (χ1v) is 15.3. The van der Waals surface area contributed by atoms with Gasteiger partial charge in [-0.3, -0.25) is 19.3 Å². The van der Waals surface area contributed by atoms with E-state index in [9.17, 15) is 14.4 Å². The molecule has 2 saturated heterocycles. The standard InChI is InChI=1S/C34H36N2O5S/c1-3-12-26-19-24(21-30-33(38)36(34(39)42-30)22-31(37)35-17-9-5-6-10-18-35)20-29(40-4-2)32(26)41-23-27-15-11-14-25-13-7-8-16-28(25)27/h3,7-8,11,13-16,19-21H,1,4-6,9-10,12,17-18,22-23H2,2H3. The number of ether oxygens (including phenoxy) is 2. The molecule has 5 rings (SSSR count). The van der Waals surface area contributed by atoms with Gasteiger partial charge >= 0.3 is 0 Å². The molecule has 0 aromatic heterocycles. The SMILES string of the molecule is C=CCc1cc(C=C2SC(=O)N(CC(=O)N3CCCCCC3)C2=O)cc(OCC)c1OCc1cccc2ccccc12. The second-order valence-corrected chi connectivity index (χ2v) is 11.4. The summed E-state index contributed by atoms with van der Waals surface area (Å²) in [6.07, 6.45) is 8.09. The number of rotatable bonds is 10. The van der Waals surface area contributed by atoms with Crippen LogP contribution in [0.5, 0.6) is 11.5 Å². The number of carbonyl (C=O) groups is 3. The first kappa shape index (κ1) is 29.5. The summed E-state index contributed by atoms with van der Waals surface area (Å²) >= 11 is 0.856. The van der Waals surface area contributed by atoms with Gasteiger partial charge in [-0.2, -0.15) is 0 Å². The topological polar surface area (TPSA) is 76.2 Å². The van der Waals surface area contributed by atoms with Crippen molar-refractivity contribution in [1.29, 1.82) is 0 Å². The second kappa shape index (κ2) is 13.7. The van der Waals surface area contributed by atoms with Gasteiger partial charge in [-0.15, -0.1) is 6.58 Å². The fraction of sp³-hybridized carbons (Fsp3) is 0.324. The van der Waals surface area contributed by atoms with E-state index in [2.05, 4.69) is 30.8 Å². The van der Waals surface area contributed by atoms with Crippen molar-refractivity contribution in [3.8, 4) is 11.5 Å². The van der Waals surface area contributed by atoms with Gasteiger partial charge in [0.15, 0.2) is 11.5 Å². The van der Waals surface area contributed by atoms with Crippen molar-refractivity contribution in [3.05, 3.63) is 88.8 Å². The fourth-order valence-electron chi connectivity index (χ4n) is 5.41. The summed E-state index contributed by atoms with van der Waals surface area (Å²) in [7, 11) is 0. The molecule has 0 N–H and O–H groups in total. The molecule has 0 bridgehead atoms. The number of fused-ring (bicyclic) bond motifs is 1. The summed E-state index contributed by atoms with van der Waals surface area (Å²) in [5, 5.41) is 1.85. The third kappa shape index (κ3) is 6.71. The molecular formula is C34H36N2O5S. The number of thioether (sulfide) groups is 1. The molecular weight excluding hydrogens is 548 g/mol. The number of amides is 3. The van der Waals surface area contributed by atoms with Crippen LogP contribution in [0.3, 0.4) is 0 Å². The zero-order chi connectivity index (χ0) is 29.5. The molecule has 0 radical (unpaired) electrons. The van der Waals surface area contributed by atoms with Gasteiger partial charge in [0, 0.05) is 18.7 Å². The molecule has 0 atom stereocenters. The van der Waals surface area contributed by atoms with Gasteiger partial charge in [-0.25, -0.2) is 0 Å². The van der Waals surface area contributed by atoms with Gasteiger partial charge < -0.3 is 14.4 Å². The van der Waals surface area contributed by atoms with Crippen molar-refractivity contribution in [3.63, 3.8) is 0 Å². The highest BCUT2D eigenvalue weighted by molar-refractivity contribution is 8.18. The van der Waals surface area contributed by atoms with Crippen LogP contribution in [0.25, 0.3) is 16.8 Å². The third-order valence-corrected chi connectivity index (χ3v) is 8.40. The van der Waals surface area contributed by atoms with E-state index in [1.807, 2.05) is 37.3 Å². The Morgan fingerprint density at radius 2 is 1.74 bits per heavy atom. The van der Waals surface area contributed by atoms with Crippen LogP contribution in [-0.2, 0) is 22.6 Å². The van der Waals surface area contributed by atoms with Crippen molar-refractivity contribution in [2.45, 2.75) is 45.6 Å². The molecule has 2 fully saturated rings. The lowest BCUT2D eigenvalue weighted by atomic mass is 10.0. The predicted octanol–water partition coefficient (Wildman–Crippen LogP) is 6.98. The lowest BCUT2D eigenvalue weighted by Crippen LogP contribution is -2.42. The Labute approximate surface area is 251 Å². The Bertz CT molecular complexity index is 1520. The summed E-state index contributed by atoms with van der Waals surface area (Å²) < 4.78 is 12.4. The molecule has 8 heteroatoms. The van der Waals surface area contributed by atoms with E-state index in [0.717, 1.165) is 64.2 Å². The fourth-order valence-corrected chi connectivity index (χ4v) is 6.25. The van der Waals surface area contributed by atoms with Crippen LogP contribution in [-0.4, -0.2) is 53.1 Å². The Kier molecular flexibility index (Phi) is 9.64. The molecule has 3 aromatic rings. The average molecular weight is 585 g/mol. The lowest BCUT2D eigenvalue weighted by Gasteiger charge is -2.22. The smallest absolute Gasteiger partial charge is 0.294 e. The van der Waals surface area contributed by atoms with Crippen LogP contribution in [0, 0.1) is 0 Å². The van der Waals surface area contributed by atoms with Crippen molar-refractivity contribution in [2.75, 3.05) is 26.2 Å². The molecule has 0 spiro atoms. The number of likely N-dealkylation sites (tertiary alicyclic amines) is 1. The monoisotopic (exact) mass is 584 g/mol. The highest BCUT2D eigenvalue weighted by atomic mass is 32.2. The van der Waals surface area contributed by atoms with E-state index in [0.29, 0.717) is 49.8 Å². The van der Waals surface area contributed by atoms with Crippen LogP contribution >= 0.6 is 11.8 Å². The molecule has 3 amide bonds. The first-order valence-electron chi connectivity index (χ1n) is 14.5. The maximum Gasteiger partial charge on any atom is 0.294 e. The van der Waals surface area contributed by atoms with E-state index in [1.165, 1.54) is 0 Å². The summed E-state index contributed by atoms with van der Waals surface area (Å²) in [6.45, 7) is 7.72. The Morgan fingerprint density at radius 1 is 0.976 bits per heavy atom. The maximum absolute atomic E-state index is 13.2. The summed E-state index contributed by atoms with van der Waals surface area (Å²) in [6, 6.07) is 18.1. The maximum atomic E-state index is 13.2. The van der Waals surface area contributed by atoms with E-state index >= 15 is 0 Å². The van der Waals surface area contributed by atoms with Crippen LogP contribution in [0.15, 0.2) is 72.2 Å². The molecule has 42 heavy (non-hydrogen) atoms. The molecule has 2 aliphatic rings. The van der Waals surface area contributed by atoms with Gasteiger partial charge in [0.1, 0.15) is 13.2 Å². The average Bonchev–Trinajstić information content (AvgIpc) is 3.16. The lowest BCUT2D eigenvalue weighted by molar-refractivity contribution is -0.135. The summed E-state index contributed by atoms with van der Waals surface area (Å²) in [5.74, 6) is 0.546. The second-order valence-electron chi connectivity index (χ2n) is 10.4. The van der Waals surface area contributed by atoms with Crippen LogP contribution in [0.2, 0.25) is 0 Å². The number of imide groups is 1. The zero-order valence-corrected chi connectivity index (χ0v) is 24.8. The highest BCUT2D eigenvalue weighted by Crippen LogP contribution is 2.38. The largest absolute Gasteiger partial charge is 0.490 e. The first-order chi connectivity index (χ1) is 20.5. The Balaban J connectivity index is 1.38. The van der Waals surface area contributed by atoms with Crippen molar-refractivity contribution in [1.82, 2.24) is 9.80 Å². The molecule has 0 aliphatic carbocycles. The minimum absolute atomic E-state index is 0.181. The molecule has 2 aliphatic heterocycles. The molecule has 0 unspecified atom stereocenters. The minimum Gasteiger partial charge on any atom is -0.490 e. The zero-order valence-electron chi connectivity index (χ0n) is 24.0. The Hall–Kier alpha value is -4.04. The number of hydrogen-bond acceptors (Lipinski definition) is 6. The van der Waals surface area contributed by atoms with Crippen molar-refractivity contribution in [2.24, 2.45) is 0 Å². The van der Waals surface area contributed by atoms with Gasteiger partial charge in [-0.1, -0.05) is 61.4 Å². The number of benzene rings is 3. The third-order valence-electron chi connectivity index (χ3n) is 7.49. The van der Waals surface area contributed by atoms with Gasteiger partial charge in [0.25, 0.3) is 11.1 Å². The molecule has 3 aromatic carbocycles. The molecule has 218 valence electrons. The summed E-state index contributed by atoms with van der Waals surface area (Å²) in [4.78, 5) is 42.0. The quantitative estimate of drug-likeness (QED) is 0.189. The van der Waals surface area contributed by atoms with E-state index in [1.54, 1.807) is 17.1 Å². The van der Waals surface area contributed by atoms with Gasteiger partial charge in [-0.05, 0) is 78.1 Å². The van der Waals surface area contributed by atoms with Crippen LogP contribution < -0.4 is 9.47 Å². The predicted molar refractivity (Wildman–Crippen MR) is 168 cm³/mol. The number of nitrogens with zero attached hydrogens (tertiary/aromatic N) is 2. The van der Waals surface area contributed by atoms with E-state index in [4.69, 9.17) is 9.47 Å². The Morgan fingerprint density at radius 3 is 2.50 bits per heavy atom. The minimum atomic E-state index is -0.451. The highest BCUT2D eigenvalue weighted by Gasteiger charge is 2.37. The number of hydrogen-bond donors (Lipinski definition) is 0. The molecule has 0 saturated carbocycles. The van der Waals surface area contributed by atoms with Crippen LogP contribution in [0.1, 0.15) is 49.3 Å². The van der Waals surface area contributed by atoms with E-state index in [-0.39, 0.29) is 17.4 Å². The number of allylic oxidation sites excluding steroid dienone is 1. The summed E-state index contributed by atoms with van der Waals surface area (Å²) in [5.41, 5.74) is 2.63. The van der Waals surface area contributed by atoms with Gasteiger partial charge in [0.2, 0.25) is 5.91 Å². The van der Waals surface area contributed by atoms with Gasteiger partial charge in [0.05, 0.1) is 11.5 Å². The van der Waals surface area contributed by atoms with Crippen molar-refractivity contribution < 1.29 is 23.9 Å². The van der Waals surface area contributed by atoms with Crippen molar-refractivity contribution >= 4 is 45.7 Å². The van der Waals surface area contributed by atoms with E-state index < -0.39 is 11.1 Å². The molecule has 2 heterocycles.